The second-order valence-corrected chi connectivity index (χ2v) is 6.15. The Morgan fingerprint density at radius 1 is 1.14 bits per heavy atom. The van der Waals surface area contributed by atoms with Crippen molar-refractivity contribution in [2.45, 2.75) is 20.8 Å². The molecule has 2 rings (SSSR count). The average Bonchev–Trinajstić information content (AvgIpc) is 2.69. The summed E-state index contributed by atoms with van der Waals surface area (Å²) in [4.78, 5) is 34.5. The lowest BCUT2D eigenvalue weighted by Crippen LogP contribution is -2.21. The van der Waals surface area contributed by atoms with Crippen LogP contribution >= 0.6 is 0 Å². The van der Waals surface area contributed by atoms with Gasteiger partial charge in [0.2, 0.25) is 0 Å². The third-order valence-corrected chi connectivity index (χ3v) is 4.12. The number of esters is 1. The van der Waals surface area contributed by atoms with Gasteiger partial charge in [-0.2, -0.15) is 0 Å². The van der Waals surface area contributed by atoms with E-state index in [0.717, 1.165) is 16.9 Å². The van der Waals surface area contributed by atoms with E-state index >= 15 is 0 Å². The van der Waals surface area contributed by atoms with Crippen LogP contribution in [0.2, 0.25) is 0 Å². The highest BCUT2D eigenvalue weighted by Gasteiger charge is 2.19. The molecule has 0 fully saturated rings. The predicted molar refractivity (Wildman–Crippen MR) is 109 cm³/mol. The molecule has 29 heavy (non-hydrogen) atoms. The van der Waals surface area contributed by atoms with Crippen molar-refractivity contribution in [2.24, 2.45) is 0 Å². The number of aryl methyl sites for hydroxylation is 1. The quantitative estimate of drug-likeness (QED) is 0.314. The molecule has 152 valence electrons. The standard InChI is InChI=1S/C21H22N2O6/c1-4-28-17-9-6-16(7-10-17)8-12-20(25)29-13-19(24)22-21-15(3)14(2)5-11-18(21)23(26)27/h5-12H,4,13H2,1-3H3,(H,22,24)/b12-8+. The maximum absolute atomic E-state index is 12.1. The minimum Gasteiger partial charge on any atom is -0.494 e. The first-order valence-corrected chi connectivity index (χ1v) is 8.94. The Kier molecular flexibility index (Phi) is 7.47. The largest absolute Gasteiger partial charge is 0.494 e. The summed E-state index contributed by atoms with van der Waals surface area (Å²) < 4.78 is 10.2. The number of rotatable bonds is 8. The third kappa shape index (κ3) is 6.17. The molecule has 1 N–H and O–H groups in total. The second-order valence-electron chi connectivity index (χ2n) is 6.15. The summed E-state index contributed by atoms with van der Waals surface area (Å²) in [6.45, 7) is 5.34. The van der Waals surface area contributed by atoms with Crippen molar-refractivity contribution in [3.63, 3.8) is 0 Å². The van der Waals surface area contributed by atoms with Crippen LogP contribution in [0.3, 0.4) is 0 Å². The van der Waals surface area contributed by atoms with E-state index in [1.54, 1.807) is 50.3 Å². The third-order valence-electron chi connectivity index (χ3n) is 4.12. The van der Waals surface area contributed by atoms with E-state index in [4.69, 9.17) is 9.47 Å². The van der Waals surface area contributed by atoms with Crippen molar-refractivity contribution in [1.82, 2.24) is 0 Å². The maximum atomic E-state index is 12.1. The maximum Gasteiger partial charge on any atom is 0.331 e. The van der Waals surface area contributed by atoms with E-state index < -0.39 is 23.4 Å². The zero-order chi connectivity index (χ0) is 21.4. The Labute approximate surface area is 168 Å². The van der Waals surface area contributed by atoms with Gasteiger partial charge in [-0.05, 0) is 55.7 Å². The molecule has 0 radical (unpaired) electrons. The van der Waals surface area contributed by atoms with Crippen molar-refractivity contribution in [2.75, 3.05) is 18.5 Å². The van der Waals surface area contributed by atoms with Gasteiger partial charge in [-0.3, -0.25) is 14.9 Å². The van der Waals surface area contributed by atoms with E-state index in [-0.39, 0.29) is 11.4 Å². The molecule has 0 aliphatic rings. The first-order chi connectivity index (χ1) is 13.8. The van der Waals surface area contributed by atoms with E-state index in [2.05, 4.69) is 5.32 Å². The Morgan fingerprint density at radius 3 is 2.45 bits per heavy atom. The Bertz CT molecular complexity index is 935. The number of carbonyl (C=O) groups excluding carboxylic acids is 2. The van der Waals surface area contributed by atoms with Gasteiger partial charge in [0.05, 0.1) is 11.5 Å². The fourth-order valence-electron chi connectivity index (χ4n) is 2.48. The van der Waals surface area contributed by atoms with Crippen LogP contribution in [0.1, 0.15) is 23.6 Å². The van der Waals surface area contributed by atoms with Crippen molar-refractivity contribution in [1.29, 1.82) is 0 Å². The number of hydrogen-bond donors (Lipinski definition) is 1. The van der Waals surface area contributed by atoms with Gasteiger partial charge in [-0.1, -0.05) is 18.2 Å². The van der Waals surface area contributed by atoms with E-state index in [0.29, 0.717) is 12.2 Å². The highest BCUT2D eigenvalue weighted by Crippen LogP contribution is 2.30. The Morgan fingerprint density at radius 2 is 1.83 bits per heavy atom. The summed E-state index contributed by atoms with van der Waals surface area (Å²) in [6.07, 6.45) is 2.74. The predicted octanol–water partition coefficient (Wildman–Crippen LogP) is 3.81. The molecule has 0 aliphatic carbocycles. The van der Waals surface area contributed by atoms with Gasteiger partial charge >= 0.3 is 5.97 Å². The first kappa shape index (κ1) is 21.6. The number of anilines is 1. The lowest BCUT2D eigenvalue weighted by Gasteiger charge is -2.11. The van der Waals surface area contributed by atoms with Crippen LogP contribution in [0, 0.1) is 24.0 Å². The molecule has 2 aromatic rings. The van der Waals surface area contributed by atoms with Crippen LogP contribution in [-0.2, 0) is 14.3 Å². The molecular formula is C21H22N2O6. The summed E-state index contributed by atoms with van der Waals surface area (Å²) in [6, 6.07) is 10.0. The highest BCUT2D eigenvalue weighted by atomic mass is 16.6. The zero-order valence-electron chi connectivity index (χ0n) is 16.4. The molecule has 0 aromatic heterocycles. The van der Waals surface area contributed by atoms with Crippen molar-refractivity contribution < 1.29 is 24.0 Å². The molecule has 2 aromatic carbocycles. The number of amides is 1. The van der Waals surface area contributed by atoms with Crippen molar-refractivity contribution in [3.05, 3.63) is 69.3 Å². The average molecular weight is 398 g/mol. The number of hydrogen-bond acceptors (Lipinski definition) is 6. The summed E-state index contributed by atoms with van der Waals surface area (Å²) in [5.41, 5.74) is 2.01. The molecule has 0 atom stereocenters. The number of nitrogens with one attached hydrogen (secondary N) is 1. The molecule has 0 saturated carbocycles. The smallest absolute Gasteiger partial charge is 0.331 e. The molecular weight excluding hydrogens is 376 g/mol. The second kappa shape index (κ2) is 10.0. The number of carbonyl (C=O) groups is 2. The fraction of sp³-hybridized carbons (Fsp3) is 0.238. The number of nitro benzene ring substituents is 1. The van der Waals surface area contributed by atoms with Crippen LogP contribution in [0.15, 0.2) is 42.5 Å². The van der Waals surface area contributed by atoms with Gasteiger partial charge in [0, 0.05) is 12.1 Å². The summed E-state index contributed by atoms with van der Waals surface area (Å²) in [5.74, 6) is -0.640. The number of benzene rings is 2. The van der Waals surface area contributed by atoms with Crippen molar-refractivity contribution >= 4 is 29.3 Å². The minimum atomic E-state index is -0.704. The summed E-state index contributed by atoms with van der Waals surface area (Å²) in [5, 5.41) is 13.6. The van der Waals surface area contributed by atoms with Gasteiger partial charge < -0.3 is 14.8 Å². The molecule has 1 amide bonds. The Balaban J connectivity index is 1.93. The number of nitro groups is 1. The zero-order valence-corrected chi connectivity index (χ0v) is 16.4. The number of nitrogens with zero attached hydrogens (tertiary/aromatic N) is 1. The lowest BCUT2D eigenvalue weighted by atomic mass is 10.1. The Hall–Kier alpha value is -3.68. The van der Waals surface area contributed by atoms with Crippen LogP contribution in [-0.4, -0.2) is 30.0 Å². The van der Waals surface area contributed by atoms with Gasteiger partial charge in [0.1, 0.15) is 11.4 Å². The minimum absolute atomic E-state index is 0.0981. The van der Waals surface area contributed by atoms with Crippen LogP contribution in [0.25, 0.3) is 6.08 Å². The molecule has 0 bridgehead atoms. The van der Waals surface area contributed by atoms with E-state index in [1.807, 2.05) is 6.92 Å². The van der Waals surface area contributed by atoms with Gasteiger partial charge in [-0.25, -0.2) is 4.79 Å². The summed E-state index contributed by atoms with van der Waals surface area (Å²) >= 11 is 0. The van der Waals surface area contributed by atoms with E-state index in [1.165, 1.54) is 12.1 Å². The normalized spacial score (nSPS) is 10.6. The molecule has 8 heteroatoms. The summed E-state index contributed by atoms with van der Waals surface area (Å²) in [7, 11) is 0. The van der Waals surface area contributed by atoms with Gasteiger partial charge in [-0.15, -0.1) is 0 Å². The molecule has 0 heterocycles. The molecule has 0 unspecified atom stereocenters. The molecule has 0 saturated heterocycles. The van der Waals surface area contributed by atoms with Crippen LogP contribution in [0.4, 0.5) is 11.4 Å². The first-order valence-electron chi connectivity index (χ1n) is 8.94. The van der Waals surface area contributed by atoms with Gasteiger partial charge in [0.15, 0.2) is 6.61 Å². The van der Waals surface area contributed by atoms with Crippen LogP contribution in [0.5, 0.6) is 5.75 Å². The van der Waals surface area contributed by atoms with Gasteiger partial charge in [0.25, 0.3) is 11.6 Å². The monoisotopic (exact) mass is 398 g/mol. The van der Waals surface area contributed by atoms with E-state index in [9.17, 15) is 19.7 Å². The fourth-order valence-corrected chi connectivity index (χ4v) is 2.48. The SMILES string of the molecule is CCOc1ccc(/C=C/C(=O)OCC(=O)Nc2c([N+](=O)[O-])ccc(C)c2C)cc1. The van der Waals surface area contributed by atoms with Crippen molar-refractivity contribution in [3.8, 4) is 5.75 Å². The molecule has 0 spiro atoms. The molecule has 8 nitrogen and oxygen atoms in total. The number of ether oxygens (including phenoxy) is 2. The van der Waals surface area contributed by atoms with Crippen LogP contribution < -0.4 is 10.1 Å². The molecule has 0 aliphatic heterocycles. The lowest BCUT2D eigenvalue weighted by molar-refractivity contribution is -0.384. The highest BCUT2D eigenvalue weighted by molar-refractivity contribution is 5.97. The topological polar surface area (TPSA) is 108 Å².